The van der Waals surface area contributed by atoms with Crippen LogP contribution in [0.4, 0.5) is 0 Å². The van der Waals surface area contributed by atoms with Crippen LogP contribution >= 0.6 is 0 Å². The second-order valence-corrected chi connectivity index (χ2v) is 12.9. The minimum absolute atomic E-state index is 0.00628. The fourth-order valence-electron chi connectivity index (χ4n) is 8.96. The van der Waals surface area contributed by atoms with Crippen LogP contribution in [-0.4, -0.2) is 32.1 Å². The Morgan fingerprint density at radius 3 is 2.10 bits per heavy atom. The standard InChI is InChI=1S/C34H42N2O4/c1-33-19-17-27-25(13-16-29-34(27,2)20-18-30(37)35-29)26(33)14-15-28(33)32(38)36-31(21-5-9-23(39-3)10-6-21)22-7-11-24(40-4)12-8-22/h5-12,18,20,25-29,31H,13-17,19H2,1-4H3,(H,35,37)(H,36,38)/t25-,26-,27+,28?,29?,33-,34+/m0/s1. The summed E-state index contributed by atoms with van der Waals surface area (Å²) in [5.41, 5.74) is 2.05. The number of carbonyl (C=O) groups is 2. The second-order valence-electron chi connectivity index (χ2n) is 12.9. The third kappa shape index (κ3) is 4.40. The molecule has 2 amide bonds. The van der Waals surface area contributed by atoms with E-state index in [0.717, 1.165) is 61.2 Å². The molecular weight excluding hydrogens is 500 g/mol. The van der Waals surface area contributed by atoms with E-state index in [-0.39, 0.29) is 40.6 Å². The molecule has 4 aliphatic rings. The largest absolute Gasteiger partial charge is 0.497 e. The number of ether oxygens (including phenoxy) is 2. The summed E-state index contributed by atoms with van der Waals surface area (Å²) in [6.07, 6.45) is 10.3. The third-order valence-corrected chi connectivity index (χ3v) is 11.2. The molecule has 3 fully saturated rings. The van der Waals surface area contributed by atoms with Gasteiger partial charge in [0, 0.05) is 17.4 Å². The van der Waals surface area contributed by atoms with Gasteiger partial charge >= 0.3 is 0 Å². The van der Waals surface area contributed by atoms with E-state index < -0.39 is 0 Å². The lowest BCUT2D eigenvalue weighted by molar-refractivity contribution is -0.134. The quantitative estimate of drug-likeness (QED) is 0.482. The van der Waals surface area contributed by atoms with Crippen LogP contribution in [0.1, 0.15) is 69.5 Å². The summed E-state index contributed by atoms with van der Waals surface area (Å²) in [7, 11) is 3.33. The summed E-state index contributed by atoms with van der Waals surface area (Å²) in [6, 6.07) is 15.9. The van der Waals surface area contributed by atoms with E-state index in [1.54, 1.807) is 20.3 Å². The molecule has 212 valence electrons. The number of fused-ring (bicyclic) bond motifs is 5. The molecule has 0 saturated heterocycles. The molecule has 1 heterocycles. The van der Waals surface area contributed by atoms with Crippen molar-refractivity contribution in [3.05, 3.63) is 71.8 Å². The first-order valence-corrected chi connectivity index (χ1v) is 14.8. The van der Waals surface area contributed by atoms with Gasteiger partial charge in [-0.3, -0.25) is 9.59 Å². The Hall–Kier alpha value is -3.28. The first kappa shape index (κ1) is 26.9. The molecule has 3 aliphatic carbocycles. The maximum absolute atomic E-state index is 14.2. The average Bonchev–Trinajstić information content (AvgIpc) is 3.34. The van der Waals surface area contributed by atoms with Crippen LogP contribution in [0.3, 0.4) is 0 Å². The molecule has 0 radical (unpaired) electrons. The van der Waals surface area contributed by atoms with Crippen molar-refractivity contribution in [2.24, 2.45) is 34.5 Å². The molecule has 6 rings (SSSR count). The highest BCUT2D eigenvalue weighted by Gasteiger charge is 2.61. The molecule has 2 aromatic carbocycles. The van der Waals surface area contributed by atoms with Gasteiger partial charge in [-0.2, -0.15) is 0 Å². The van der Waals surface area contributed by atoms with Gasteiger partial charge in [0.15, 0.2) is 0 Å². The van der Waals surface area contributed by atoms with Crippen LogP contribution in [-0.2, 0) is 9.59 Å². The molecule has 3 saturated carbocycles. The first-order chi connectivity index (χ1) is 19.3. The predicted octanol–water partition coefficient (Wildman–Crippen LogP) is 5.82. The maximum atomic E-state index is 14.2. The van der Waals surface area contributed by atoms with Crippen LogP contribution in [0.25, 0.3) is 0 Å². The molecule has 6 heteroatoms. The van der Waals surface area contributed by atoms with E-state index in [2.05, 4.69) is 30.6 Å². The maximum Gasteiger partial charge on any atom is 0.243 e. The topological polar surface area (TPSA) is 76.7 Å². The van der Waals surface area contributed by atoms with E-state index in [1.165, 1.54) is 0 Å². The van der Waals surface area contributed by atoms with Crippen molar-refractivity contribution in [3.8, 4) is 11.5 Å². The predicted molar refractivity (Wildman–Crippen MR) is 155 cm³/mol. The highest BCUT2D eigenvalue weighted by Crippen LogP contribution is 2.65. The summed E-state index contributed by atoms with van der Waals surface area (Å²) in [6.45, 7) is 4.73. The Balaban J connectivity index is 1.24. The van der Waals surface area contributed by atoms with Crippen LogP contribution in [0, 0.1) is 34.5 Å². The normalized spacial score (nSPS) is 34.3. The zero-order valence-corrected chi connectivity index (χ0v) is 24.1. The third-order valence-electron chi connectivity index (χ3n) is 11.2. The molecule has 6 nitrogen and oxygen atoms in total. The number of hydrogen-bond donors (Lipinski definition) is 2. The molecule has 0 bridgehead atoms. The summed E-state index contributed by atoms with van der Waals surface area (Å²) >= 11 is 0. The van der Waals surface area contributed by atoms with Gasteiger partial charge in [0.05, 0.1) is 20.3 Å². The van der Waals surface area contributed by atoms with Crippen LogP contribution in [0.2, 0.25) is 0 Å². The van der Waals surface area contributed by atoms with Crippen LogP contribution < -0.4 is 20.1 Å². The first-order valence-electron chi connectivity index (χ1n) is 14.8. The Kier molecular flexibility index (Phi) is 6.92. The lowest BCUT2D eigenvalue weighted by Crippen LogP contribution is -2.59. The van der Waals surface area contributed by atoms with Gasteiger partial charge in [-0.25, -0.2) is 0 Å². The van der Waals surface area contributed by atoms with Gasteiger partial charge in [-0.05, 0) is 103 Å². The van der Waals surface area contributed by atoms with E-state index >= 15 is 0 Å². The SMILES string of the molecule is COc1ccc(C(NC(=O)C2CC[C@H]3[C@@H]4CCC5NC(=O)C=C[C@]5(C)[C@@H]4CC[C@]23C)c2ccc(OC)cc2)cc1. The average molecular weight is 543 g/mol. The zero-order valence-electron chi connectivity index (χ0n) is 24.1. The molecule has 1 aliphatic heterocycles. The number of amides is 2. The van der Waals surface area contributed by atoms with Crippen molar-refractivity contribution in [1.82, 2.24) is 10.6 Å². The van der Waals surface area contributed by atoms with Crippen molar-refractivity contribution in [2.45, 2.75) is 64.5 Å². The monoisotopic (exact) mass is 542 g/mol. The highest BCUT2D eigenvalue weighted by atomic mass is 16.5. The molecule has 2 unspecified atom stereocenters. The van der Waals surface area contributed by atoms with Crippen LogP contribution in [0.15, 0.2) is 60.7 Å². The van der Waals surface area contributed by atoms with E-state index in [9.17, 15) is 9.59 Å². The zero-order chi connectivity index (χ0) is 28.1. The van der Waals surface area contributed by atoms with Gasteiger partial charge < -0.3 is 20.1 Å². The lowest BCUT2D eigenvalue weighted by atomic mass is 9.48. The Labute approximate surface area is 237 Å². The Bertz CT molecular complexity index is 1240. The number of carbonyl (C=O) groups excluding carboxylic acids is 2. The number of nitrogens with one attached hydrogen (secondary N) is 2. The number of methoxy groups -OCH3 is 2. The minimum Gasteiger partial charge on any atom is -0.497 e. The van der Waals surface area contributed by atoms with Crippen molar-refractivity contribution in [1.29, 1.82) is 0 Å². The van der Waals surface area contributed by atoms with Gasteiger partial charge in [0.2, 0.25) is 11.8 Å². The minimum atomic E-state index is -0.256. The molecule has 7 atom stereocenters. The molecule has 40 heavy (non-hydrogen) atoms. The summed E-state index contributed by atoms with van der Waals surface area (Å²) in [5, 5.41) is 6.72. The van der Waals surface area contributed by atoms with E-state index in [4.69, 9.17) is 9.47 Å². The lowest BCUT2D eigenvalue weighted by Gasteiger charge is -2.58. The van der Waals surface area contributed by atoms with E-state index in [0.29, 0.717) is 17.8 Å². The van der Waals surface area contributed by atoms with E-state index in [1.807, 2.05) is 48.5 Å². The van der Waals surface area contributed by atoms with Crippen LogP contribution in [0.5, 0.6) is 11.5 Å². The molecule has 0 aromatic heterocycles. The molecule has 2 aromatic rings. The molecular formula is C34H42N2O4. The van der Waals surface area contributed by atoms with Crippen molar-refractivity contribution in [2.75, 3.05) is 14.2 Å². The summed E-state index contributed by atoms with van der Waals surface area (Å²) < 4.78 is 10.8. The van der Waals surface area contributed by atoms with Crippen molar-refractivity contribution >= 4 is 11.8 Å². The van der Waals surface area contributed by atoms with Gasteiger partial charge in [0.25, 0.3) is 0 Å². The second kappa shape index (κ2) is 10.3. The van der Waals surface area contributed by atoms with Gasteiger partial charge in [-0.15, -0.1) is 0 Å². The number of rotatable bonds is 6. The molecule has 2 N–H and O–H groups in total. The van der Waals surface area contributed by atoms with Crippen molar-refractivity contribution in [3.63, 3.8) is 0 Å². The fraction of sp³-hybridized carbons (Fsp3) is 0.529. The Morgan fingerprint density at radius 2 is 1.50 bits per heavy atom. The Morgan fingerprint density at radius 1 is 0.875 bits per heavy atom. The van der Waals surface area contributed by atoms with Gasteiger partial charge in [0.1, 0.15) is 11.5 Å². The highest BCUT2D eigenvalue weighted by molar-refractivity contribution is 5.89. The van der Waals surface area contributed by atoms with Crippen molar-refractivity contribution < 1.29 is 19.1 Å². The number of benzene rings is 2. The van der Waals surface area contributed by atoms with Gasteiger partial charge in [-0.1, -0.05) is 44.2 Å². The summed E-state index contributed by atoms with van der Waals surface area (Å²) in [5.74, 6) is 3.46. The smallest absolute Gasteiger partial charge is 0.243 e. The fourth-order valence-corrected chi connectivity index (χ4v) is 8.96. The molecule has 0 spiro atoms. The number of hydrogen-bond acceptors (Lipinski definition) is 4. The summed E-state index contributed by atoms with van der Waals surface area (Å²) in [4.78, 5) is 26.3.